The summed E-state index contributed by atoms with van der Waals surface area (Å²) in [6.45, 7) is 3.61. The Labute approximate surface area is 189 Å². The molecule has 4 rings (SSSR count). The van der Waals surface area contributed by atoms with E-state index in [1.54, 1.807) is 29.8 Å². The van der Waals surface area contributed by atoms with E-state index in [-0.39, 0.29) is 22.2 Å². The van der Waals surface area contributed by atoms with Crippen LogP contribution in [-0.4, -0.2) is 30.3 Å². The molecule has 0 aliphatic heterocycles. The molecule has 4 aromatic rings. The number of rotatable bonds is 4. The van der Waals surface area contributed by atoms with Gasteiger partial charge in [0.1, 0.15) is 10.7 Å². The third-order valence-electron chi connectivity index (χ3n) is 4.61. The van der Waals surface area contributed by atoms with Crippen LogP contribution in [0, 0.1) is 13.8 Å². The largest absolute Gasteiger partial charge is 0.433 e. The van der Waals surface area contributed by atoms with Crippen molar-refractivity contribution in [3.8, 4) is 0 Å². The van der Waals surface area contributed by atoms with E-state index >= 15 is 0 Å². The van der Waals surface area contributed by atoms with Crippen LogP contribution in [-0.2, 0) is 12.7 Å². The molecule has 1 amide bonds. The van der Waals surface area contributed by atoms with Crippen molar-refractivity contribution in [1.82, 2.24) is 24.4 Å². The third-order valence-corrected chi connectivity index (χ3v) is 5.19. The van der Waals surface area contributed by atoms with Crippen LogP contribution in [0.5, 0.6) is 0 Å². The molecule has 0 unspecified atom stereocenters. The number of halogens is 5. The number of anilines is 1. The quantitative estimate of drug-likeness (QED) is 0.435. The number of aromatic nitrogens is 5. The minimum Gasteiger partial charge on any atom is -0.304 e. The van der Waals surface area contributed by atoms with Crippen LogP contribution in [0.15, 0.2) is 36.4 Å². The molecule has 0 fully saturated rings. The summed E-state index contributed by atoms with van der Waals surface area (Å²) in [5.41, 5.74) is 0.0183. The van der Waals surface area contributed by atoms with Crippen LogP contribution in [0.1, 0.15) is 33.1 Å². The summed E-state index contributed by atoms with van der Waals surface area (Å²) in [5, 5.41) is 10.9. The zero-order valence-corrected chi connectivity index (χ0v) is 18.2. The van der Waals surface area contributed by atoms with Crippen molar-refractivity contribution in [3.05, 3.63) is 74.8 Å². The van der Waals surface area contributed by atoms with Gasteiger partial charge in [-0.25, -0.2) is 9.50 Å². The van der Waals surface area contributed by atoms with Gasteiger partial charge >= 0.3 is 6.18 Å². The van der Waals surface area contributed by atoms with Gasteiger partial charge in [0.25, 0.3) is 5.91 Å². The monoisotopic (exact) mass is 482 g/mol. The Bertz CT molecular complexity index is 1350. The normalized spacial score (nSPS) is 11.8. The van der Waals surface area contributed by atoms with E-state index in [0.29, 0.717) is 16.1 Å². The smallest absolute Gasteiger partial charge is 0.304 e. The highest BCUT2D eigenvalue weighted by Gasteiger charge is 2.36. The van der Waals surface area contributed by atoms with Crippen LogP contribution >= 0.6 is 23.2 Å². The van der Waals surface area contributed by atoms with Crippen LogP contribution < -0.4 is 5.32 Å². The summed E-state index contributed by atoms with van der Waals surface area (Å²) >= 11 is 12.2. The van der Waals surface area contributed by atoms with Gasteiger partial charge in [0, 0.05) is 22.5 Å². The lowest BCUT2D eigenvalue weighted by molar-refractivity contribution is -0.142. The van der Waals surface area contributed by atoms with Crippen LogP contribution in [0.3, 0.4) is 0 Å². The number of hydrogen-bond acceptors (Lipinski definition) is 4. The Balaban J connectivity index is 1.63. The van der Waals surface area contributed by atoms with Gasteiger partial charge in [-0.15, -0.1) is 0 Å². The minimum absolute atomic E-state index is 0.0916. The van der Waals surface area contributed by atoms with Crippen molar-refractivity contribution in [1.29, 1.82) is 0 Å². The fourth-order valence-corrected chi connectivity index (χ4v) is 3.63. The van der Waals surface area contributed by atoms with Gasteiger partial charge in [-0.05, 0) is 37.6 Å². The fourth-order valence-electron chi connectivity index (χ4n) is 3.17. The van der Waals surface area contributed by atoms with Gasteiger partial charge in [0.15, 0.2) is 17.2 Å². The summed E-state index contributed by atoms with van der Waals surface area (Å²) in [6, 6.07) is 9.70. The first-order valence-corrected chi connectivity index (χ1v) is 10.0. The van der Waals surface area contributed by atoms with Crippen molar-refractivity contribution < 1.29 is 18.0 Å². The summed E-state index contributed by atoms with van der Waals surface area (Å²) in [6.07, 6.45) is -4.70. The third kappa shape index (κ3) is 4.28. The maximum absolute atomic E-state index is 13.4. The summed E-state index contributed by atoms with van der Waals surface area (Å²) in [4.78, 5) is 16.7. The number of alkyl halides is 3. The first kappa shape index (κ1) is 22.1. The molecular formula is C20H15Cl2F3N6O. The SMILES string of the molecule is Cc1cc(C(F)(F)F)n2nc(C(=O)Nc3cc(C)n(Cc4cccc(Cl)c4)n3)c(Cl)c2n1. The molecule has 1 aromatic carbocycles. The highest BCUT2D eigenvalue weighted by molar-refractivity contribution is 6.37. The van der Waals surface area contributed by atoms with Gasteiger partial charge < -0.3 is 5.32 Å². The Kier molecular flexibility index (Phi) is 5.59. The maximum atomic E-state index is 13.4. The number of hydrogen-bond donors (Lipinski definition) is 1. The van der Waals surface area contributed by atoms with E-state index in [4.69, 9.17) is 23.2 Å². The number of carbonyl (C=O) groups excluding carboxylic acids is 1. The first-order chi connectivity index (χ1) is 15.0. The van der Waals surface area contributed by atoms with Crippen molar-refractivity contribution >= 4 is 40.6 Å². The Morgan fingerprint density at radius 3 is 2.56 bits per heavy atom. The number of amides is 1. The van der Waals surface area contributed by atoms with E-state index in [9.17, 15) is 18.0 Å². The maximum Gasteiger partial charge on any atom is 0.433 e. The topological polar surface area (TPSA) is 77.1 Å². The van der Waals surface area contributed by atoms with E-state index in [1.165, 1.54) is 6.92 Å². The highest BCUT2D eigenvalue weighted by atomic mass is 35.5. The number of benzene rings is 1. The number of carbonyl (C=O) groups is 1. The zero-order chi connectivity index (χ0) is 23.2. The number of nitrogens with zero attached hydrogens (tertiary/aromatic N) is 5. The van der Waals surface area contributed by atoms with Gasteiger partial charge in [-0.1, -0.05) is 35.3 Å². The molecular weight excluding hydrogens is 468 g/mol. The van der Waals surface area contributed by atoms with Gasteiger partial charge in [-0.3, -0.25) is 9.48 Å². The first-order valence-electron chi connectivity index (χ1n) is 9.26. The van der Waals surface area contributed by atoms with Crippen molar-refractivity contribution in [2.24, 2.45) is 0 Å². The van der Waals surface area contributed by atoms with Crippen molar-refractivity contribution in [3.63, 3.8) is 0 Å². The Morgan fingerprint density at radius 1 is 1.12 bits per heavy atom. The number of nitrogens with one attached hydrogen (secondary N) is 1. The zero-order valence-electron chi connectivity index (χ0n) is 16.7. The molecule has 32 heavy (non-hydrogen) atoms. The van der Waals surface area contributed by atoms with E-state index in [2.05, 4.69) is 20.5 Å². The summed E-state index contributed by atoms with van der Waals surface area (Å²) in [5.74, 6) is -0.610. The number of aryl methyl sites for hydroxylation is 2. The minimum atomic E-state index is -4.70. The molecule has 0 bridgehead atoms. The van der Waals surface area contributed by atoms with Gasteiger partial charge in [0.05, 0.1) is 6.54 Å². The molecule has 0 spiro atoms. The van der Waals surface area contributed by atoms with Gasteiger partial charge in [-0.2, -0.15) is 23.4 Å². The average Bonchev–Trinajstić information content (AvgIpc) is 3.20. The van der Waals surface area contributed by atoms with E-state index in [1.807, 2.05) is 12.1 Å². The highest BCUT2D eigenvalue weighted by Crippen LogP contribution is 2.32. The molecule has 7 nitrogen and oxygen atoms in total. The predicted octanol–water partition coefficient (Wildman–Crippen LogP) is 5.17. The molecule has 3 heterocycles. The molecule has 3 aromatic heterocycles. The van der Waals surface area contributed by atoms with Crippen molar-refractivity contribution in [2.45, 2.75) is 26.6 Å². The molecule has 0 aliphatic carbocycles. The molecule has 0 radical (unpaired) electrons. The second-order valence-electron chi connectivity index (χ2n) is 7.09. The van der Waals surface area contributed by atoms with E-state index < -0.39 is 23.5 Å². The lowest BCUT2D eigenvalue weighted by Crippen LogP contribution is -2.16. The fraction of sp³-hybridized carbons (Fsp3) is 0.200. The second kappa shape index (κ2) is 8.10. The second-order valence-corrected chi connectivity index (χ2v) is 7.91. The van der Waals surface area contributed by atoms with Crippen molar-refractivity contribution in [2.75, 3.05) is 5.32 Å². The number of fused-ring (bicyclic) bond motifs is 1. The van der Waals surface area contributed by atoms with Crippen LogP contribution in [0.25, 0.3) is 5.65 Å². The average molecular weight is 483 g/mol. The predicted molar refractivity (Wildman–Crippen MR) is 113 cm³/mol. The summed E-state index contributed by atoms with van der Waals surface area (Å²) < 4.78 is 42.3. The van der Waals surface area contributed by atoms with Crippen LogP contribution in [0.2, 0.25) is 10.0 Å². The van der Waals surface area contributed by atoms with E-state index in [0.717, 1.165) is 17.3 Å². The lowest BCUT2D eigenvalue weighted by atomic mass is 10.2. The molecule has 0 atom stereocenters. The molecule has 0 saturated carbocycles. The Hall–Kier alpha value is -3.11. The van der Waals surface area contributed by atoms with Gasteiger partial charge in [0.2, 0.25) is 0 Å². The summed E-state index contributed by atoms with van der Waals surface area (Å²) in [7, 11) is 0. The molecule has 0 saturated heterocycles. The van der Waals surface area contributed by atoms with Crippen LogP contribution in [0.4, 0.5) is 19.0 Å². The molecule has 0 aliphatic rings. The standard InChI is InChI=1S/C20H15Cl2F3N6O/c1-10-6-14(20(23,24)25)31-18(26-10)16(22)17(29-31)19(32)27-15-7-11(2)30(28-15)9-12-4-3-5-13(21)8-12/h3-8H,9H2,1-2H3,(H,27,28,32). The molecule has 166 valence electrons. The molecule has 1 N–H and O–H groups in total. The lowest BCUT2D eigenvalue weighted by Gasteiger charge is -2.09. The molecule has 12 heteroatoms. The Morgan fingerprint density at radius 2 is 1.88 bits per heavy atom.